The molecule has 5 heteroatoms. The summed E-state index contributed by atoms with van der Waals surface area (Å²) in [5.41, 5.74) is 0. The highest BCUT2D eigenvalue weighted by Crippen LogP contribution is 2.70. The van der Waals surface area contributed by atoms with Crippen LogP contribution in [-0.2, 0) is 0 Å². The van der Waals surface area contributed by atoms with Gasteiger partial charge in [-0.15, -0.1) is 0 Å². The van der Waals surface area contributed by atoms with Gasteiger partial charge in [0.2, 0.25) is 6.62 Å². The Morgan fingerprint density at radius 2 is 0.694 bits per heavy atom. The third-order valence-electron chi connectivity index (χ3n) is 6.19. The Morgan fingerprint density at radius 1 is 0.444 bits per heavy atom. The highest BCUT2D eigenvalue weighted by molar-refractivity contribution is 8.31. The van der Waals surface area contributed by atoms with Crippen molar-refractivity contribution in [3.05, 3.63) is 152 Å². The maximum absolute atomic E-state index is 7.94. The van der Waals surface area contributed by atoms with Crippen LogP contribution in [0.15, 0.2) is 152 Å². The van der Waals surface area contributed by atoms with Crippen LogP contribution in [0.25, 0.3) is 0 Å². The van der Waals surface area contributed by atoms with E-state index in [1.807, 2.05) is 36.4 Å². The molecule has 0 aliphatic rings. The Labute approximate surface area is 230 Å². The Bertz CT molecular complexity index is 1300. The zero-order valence-corrected chi connectivity index (χ0v) is 23.5. The minimum atomic E-state index is -2.68. The molecule has 0 heterocycles. The molecule has 36 heavy (non-hydrogen) atoms. The second kappa shape index (κ2) is 11.8. The van der Waals surface area contributed by atoms with Crippen LogP contribution in [0, 0.1) is 0 Å². The van der Waals surface area contributed by atoms with E-state index in [4.69, 9.17) is 22.8 Å². The lowest BCUT2D eigenvalue weighted by molar-refractivity contribution is -0.00000640. The molecule has 0 aromatic heterocycles. The van der Waals surface area contributed by atoms with Crippen LogP contribution >= 0.6 is 36.3 Å². The maximum atomic E-state index is 7.94. The molecule has 0 spiro atoms. The normalized spacial score (nSPS) is 11.4. The fourth-order valence-corrected chi connectivity index (χ4v) is 16.4. The number of hydrogen-bond acceptors (Lipinski definition) is 0. The zero-order valence-electron chi connectivity index (χ0n) is 19.5. The van der Waals surface area contributed by atoms with Crippen LogP contribution in [0.2, 0.25) is 0 Å². The molecule has 0 radical (unpaired) electrons. The van der Waals surface area contributed by atoms with Gasteiger partial charge in [0.25, 0.3) is 0 Å². The summed E-state index contributed by atoms with van der Waals surface area (Å²) in [4.78, 5) is 0. The van der Waals surface area contributed by atoms with Crippen molar-refractivity contribution >= 4 is 67.4 Å². The first-order valence-corrected chi connectivity index (χ1v) is 16.3. The molecule has 5 aromatic carbocycles. The van der Waals surface area contributed by atoms with Crippen molar-refractivity contribution in [2.75, 3.05) is 0 Å². The van der Waals surface area contributed by atoms with Gasteiger partial charge >= 0.3 is 0 Å². The molecule has 5 aromatic rings. The smallest absolute Gasteiger partial charge is 0.223 e. The summed E-state index contributed by atoms with van der Waals surface area (Å²) < 4.78 is 0.827. The molecule has 0 nitrogen and oxygen atoms in total. The molecule has 0 bridgehead atoms. The van der Waals surface area contributed by atoms with E-state index in [2.05, 4.69) is 115 Å². The van der Waals surface area contributed by atoms with E-state index in [1.54, 1.807) is 0 Å². The van der Waals surface area contributed by atoms with Crippen molar-refractivity contribution in [2.24, 2.45) is 0 Å². The topological polar surface area (TPSA) is 0 Å². The number of halogens is 3. The van der Waals surface area contributed by atoms with Crippen LogP contribution in [0.4, 0.5) is 0 Å². The highest BCUT2D eigenvalue weighted by Gasteiger charge is 2.52. The van der Waals surface area contributed by atoms with E-state index in [9.17, 15) is 0 Å². The molecule has 0 aliphatic heterocycles. The molecular weight excluding hydrogens is 541 g/mol. The van der Waals surface area contributed by atoms with Gasteiger partial charge in [-0.3, -0.25) is 0 Å². The molecule has 0 saturated heterocycles. The summed E-state index contributed by atoms with van der Waals surface area (Å²) in [6, 6.07) is 52.7. The predicted octanol–water partition coefficient (Wildman–Crippen LogP) is 4.13. The monoisotopic (exact) mass is 564 g/mol. The lowest BCUT2D eigenvalue weighted by atomic mass is 10.4. The van der Waals surface area contributed by atoms with E-state index in [-0.39, 0.29) is 12.4 Å². The molecule has 0 unspecified atom stereocenters. The van der Waals surface area contributed by atoms with Crippen LogP contribution in [0.1, 0.15) is 0 Å². The first-order valence-electron chi connectivity index (χ1n) is 11.5. The quantitative estimate of drug-likeness (QED) is 0.272. The summed E-state index contributed by atoms with van der Waals surface area (Å²) in [6.07, 6.45) is 0. The van der Waals surface area contributed by atoms with Gasteiger partial charge in [-0.1, -0.05) is 127 Å². The third kappa shape index (κ3) is 4.70. The van der Waals surface area contributed by atoms with Gasteiger partial charge in [-0.25, -0.2) is 0 Å². The Kier molecular flexibility index (Phi) is 8.79. The molecule has 0 saturated carbocycles. The van der Waals surface area contributed by atoms with Crippen LogP contribution in [0.5, 0.6) is 0 Å². The van der Waals surface area contributed by atoms with E-state index < -0.39 is 13.5 Å². The van der Waals surface area contributed by atoms with Gasteiger partial charge in [0.1, 0.15) is 21.8 Å². The summed E-state index contributed by atoms with van der Waals surface area (Å²) in [5, 5.41) is 5.70. The lowest BCUT2D eigenvalue weighted by Crippen LogP contribution is -3.00. The van der Waals surface area contributed by atoms with Crippen molar-refractivity contribution in [2.45, 2.75) is 0 Å². The number of rotatable bonds is 6. The van der Waals surface area contributed by atoms with Gasteiger partial charge in [0, 0.05) is 6.89 Å². The second-order valence-corrected chi connectivity index (χ2v) is 17.0. The number of benzene rings is 5. The van der Waals surface area contributed by atoms with E-state index >= 15 is 0 Å². The fourth-order valence-electron chi connectivity index (χ4n) is 4.56. The molecule has 0 atom stereocenters. The van der Waals surface area contributed by atoms with Gasteiger partial charge < -0.3 is 12.4 Å². The molecule has 5 rings (SSSR count). The zero-order chi connectivity index (χ0) is 24.1. The molecule has 180 valence electrons. The lowest BCUT2D eigenvalue weighted by Gasteiger charge is -2.32. The number of hydrogen-bond donors (Lipinski definition) is 0. The third-order valence-corrected chi connectivity index (χ3v) is 18.1. The summed E-state index contributed by atoms with van der Waals surface area (Å²) in [6.45, 7) is -5.18. The minimum absolute atomic E-state index is 0. The molecule has 0 fully saturated rings. The first-order chi connectivity index (χ1) is 17.2. The first kappa shape index (κ1) is 26.8. The highest BCUT2D eigenvalue weighted by atomic mass is 35.7. The summed E-state index contributed by atoms with van der Waals surface area (Å²) >= 11 is 15.8. The molecule has 0 amide bonds. The minimum Gasteiger partial charge on any atom is -1.00 e. The average molecular weight is 566 g/mol. The van der Waals surface area contributed by atoms with Gasteiger partial charge in [0.05, 0.1) is 0 Å². The van der Waals surface area contributed by atoms with Crippen molar-refractivity contribution in [3.8, 4) is 0 Å². The van der Waals surface area contributed by atoms with E-state index in [0.29, 0.717) is 0 Å². The van der Waals surface area contributed by atoms with Gasteiger partial charge in [0.15, 0.2) is 4.49 Å². The molecular formula is C31H25Cl3P2. The predicted molar refractivity (Wildman–Crippen MR) is 161 cm³/mol. The maximum Gasteiger partial charge on any atom is 0.223 e. The largest absolute Gasteiger partial charge is 1.00 e. The second-order valence-electron chi connectivity index (χ2n) is 8.21. The average Bonchev–Trinajstić information content (AvgIpc) is 2.96. The van der Waals surface area contributed by atoms with Gasteiger partial charge in [-0.2, -0.15) is 0 Å². The van der Waals surface area contributed by atoms with Crippen molar-refractivity contribution in [1.82, 2.24) is 0 Å². The van der Waals surface area contributed by atoms with E-state index in [1.165, 1.54) is 15.9 Å². The standard InChI is InChI=1S/C31H25Cl2P2.ClH/c32-31(35(33,29-22-12-4-13-23-29)30-24-14-5-15-25-30)34(26-16-6-1-7-17-26,27-18-8-2-9-19-27)28-20-10-3-11-21-28;/h1-25H;1H/q+1;/p-1. The van der Waals surface area contributed by atoms with Gasteiger partial charge in [-0.05, 0) is 51.8 Å². The van der Waals surface area contributed by atoms with E-state index in [0.717, 1.165) is 15.1 Å². The van der Waals surface area contributed by atoms with Crippen LogP contribution in [0.3, 0.4) is 0 Å². The van der Waals surface area contributed by atoms with Crippen LogP contribution in [-0.4, -0.2) is 4.49 Å². The summed E-state index contributed by atoms with van der Waals surface area (Å²) in [7, 11) is 0. The SMILES string of the molecule is ClC(=P(c1ccccc1)(c1ccccc1)c1ccccc1)[P+](Cl)(c1ccccc1)c1ccccc1.[Cl-]. The fraction of sp³-hybridized carbons (Fsp3) is 0. The van der Waals surface area contributed by atoms with Crippen molar-refractivity contribution in [3.63, 3.8) is 0 Å². The Hall–Kier alpha value is -2.30. The molecule has 0 aliphatic carbocycles. The van der Waals surface area contributed by atoms with Crippen molar-refractivity contribution in [1.29, 1.82) is 0 Å². The van der Waals surface area contributed by atoms with Crippen molar-refractivity contribution < 1.29 is 12.4 Å². The Morgan fingerprint density at radius 3 is 0.972 bits per heavy atom. The molecule has 0 N–H and O–H groups in total. The summed E-state index contributed by atoms with van der Waals surface area (Å²) in [5.74, 6) is 0. The Balaban J connectivity index is 0.00000304. The van der Waals surface area contributed by atoms with Crippen LogP contribution < -0.4 is 38.9 Å².